The van der Waals surface area contributed by atoms with E-state index in [1.54, 1.807) is 0 Å². The van der Waals surface area contributed by atoms with Crippen LogP contribution in [0, 0.1) is 0 Å². The SMILES string of the molecule is CN1C(CCCC2N(C)N2C)N1C. The second kappa shape index (κ2) is 3.20. The van der Waals surface area contributed by atoms with Gasteiger partial charge in [0.1, 0.15) is 0 Å². The van der Waals surface area contributed by atoms with Gasteiger partial charge < -0.3 is 0 Å². The van der Waals surface area contributed by atoms with E-state index in [1.165, 1.54) is 19.3 Å². The molecule has 0 aromatic heterocycles. The molecular formula is C9H20N4. The number of nitrogens with zero attached hydrogens (tertiary/aromatic N) is 4. The van der Waals surface area contributed by atoms with Crippen LogP contribution < -0.4 is 0 Å². The van der Waals surface area contributed by atoms with E-state index in [0.717, 1.165) is 12.3 Å². The van der Waals surface area contributed by atoms with Crippen molar-refractivity contribution in [3.05, 3.63) is 0 Å². The van der Waals surface area contributed by atoms with Gasteiger partial charge in [-0.15, -0.1) is 0 Å². The average molecular weight is 184 g/mol. The average Bonchev–Trinajstić information content (AvgIpc) is 2.87. The van der Waals surface area contributed by atoms with Crippen LogP contribution in [0.15, 0.2) is 0 Å². The molecule has 0 bridgehead atoms. The van der Waals surface area contributed by atoms with Gasteiger partial charge in [0.05, 0.1) is 12.3 Å². The molecule has 0 saturated carbocycles. The fourth-order valence-electron chi connectivity index (χ4n) is 2.09. The summed E-state index contributed by atoms with van der Waals surface area (Å²) in [5.41, 5.74) is 0. The predicted molar refractivity (Wildman–Crippen MR) is 52.5 cm³/mol. The summed E-state index contributed by atoms with van der Waals surface area (Å²) in [6.07, 6.45) is 5.39. The Morgan fingerprint density at radius 3 is 1.23 bits per heavy atom. The van der Waals surface area contributed by atoms with Crippen molar-refractivity contribution in [3.8, 4) is 0 Å². The van der Waals surface area contributed by atoms with Crippen LogP contribution in [-0.4, -0.2) is 60.6 Å². The van der Waals surface area contributed by atoms with Crippen LogP contribution >= 0.6 is 0 Å². The van der Waals surface area contributed by atoms with E-state index in [1.807, 2.05) is 0 Å². The van der Waals surface area contributed by atoms with Crippen LogP contribution in [0.4, 0.5) is 0 Å². The minimum atomic E-state index is 0.717. The van der Waals surface area contributed by atoms with Crippen molar-refractivity contribution >= 4 is 0 Å². The molecular weight excluding hydrogens is 164 g/mol. The summed E-state index contributed by atoms with van der Waals surface area (Å²) >= 11 is 0. The van der Waals surface area contributed by atoms with E-state index < -0.39 is 0 Å². The zero-order chi connectivity index (χ0) is 9.59. The molecule has 0 aromatic carbocycles. The van der Waals surface area contributed by atoms with E-state index in [0.29, 0.717) is 0 Å². The normalized spacial score (nSPS) is 53.5. The summed E-state index contributed by atoms with van der Waals surface area (Å²) in [6.45, 7) is 0. The molecule has 13 heavy (non-hydrogen) atoms. The van der Waals surface area contributed by atoms with E-state index in [-0.39, 0.29) is 0 Å². The van der Waals surface area contributed by atoms with Gasteiger partial charge in [-0.25, -0.2) is 20.0 Å². The molecule has 0 aliphatic carbocycles. The van der Waals surface area contributed by atoms with Gasteiger partial charge in [0.2, 0.25) is 0 Å². The first-order valence-corrected chi connectivity index (χ1v) is 5.04. The van der Waals surface area contributed by atoms with E-state index in [4.69, 9.17) is 0 Å². The molecule has 4 nitrogen and oxygen atoms in total. The Kier molecular flexibility index (Phi) is 2.32. The van der Waals surface area contributed by atoms with E-state index in [2.05, 4.69) is 48.2 Å². The van der Waals surface area contributed by atoms with Crippen molar-refractivity contribution in [2.45, 2.75) is 31.6 Å². The molecule has 0 amide bonds. The minimum Gasteiger partial charge on any atom is -0.225 e. The third kappa shape index (κ3) is 1.72. The molecule has 4 heteroatoms. The van der Waals surface area contributed by atoms with Crippen molar-refractivity contribution < 1.29 is 0 Å². The van der Waals surface area contributed by atoms with Crippen molar-refractivity contribution in [3.63, 3.8) is 0 Å². The third-order valence-electron chi connectivity index (χ3n) is 3.54. The summed E-state index contributed by atoms with van der Waals surface area (Å²) in [6, 6.07) is 0. The van der Waals surface area contributed by atoms with E-state index in [9.17, 15) is 0 Å². The summed E-state index contributed by atoms with van der Waals surface area (Å²) < 4.78 is 0. The zero-order valence-electron chi connectivity index (χ0n) is 9.06. The van der Waals surface area contributed by atoms with Crippen LogP contribution in [0.1, 0.15) is 19.3 Å². The van der Waals surface area contributed by atoms with Gasteiger partial charge in [-0.3, -0.25) is 0 Å². The van der Waals surface area contributed by atoms with Gasteiger partial charge in [0.15, 0.2) is 0 Å². The lowest BCUT2D eigenvalue weighted by atomic mass is 10.2. The molecule has 2 heterocycles. The maximum absolute atomic E-state index is 2.29. The number of hydrogen-bond donors (Lipinski definition) is 0. The molecule has 4 unspecified atom stereocenters. The number of rotatable bonds is 4. The first-order chi connectivity index (χ1) is 6.13. The standard InChI is InChI=1S/C9H20N4/c1-10-8(11(10)2)6-5-7-9-12(3)13(9)4/h8-9H,5-7H2,1-4H3. The molecule has 2 fully saturated rings. The Morgan fingerprint density at radius 1 is 0.692 bits per heavy atom. The van der Waals surface area contributed by atoms with Gasteiger partial charge in [0.25, 0.3) is 0 Å². The second-order valence-corrected chi connectivity index (χ2v) is 4.19. The molecule has 2 rings (SSSR count). The maximum Gasteiger partial charge on any atom is 0.0888 e. The second-order valence-electron chi connectivity index (χ2n) is 4.19. The quantitative estimate of drug-likeness (QED) is 0.586. The lowest BCUT2D eigenvalue weighted by Gasteiger charge is -1.95. The van der Waals surface area contributed by atoms with Crippen molar-refractivity contribution in [2.24, 2.45) is 0 Å². The molecule has 0 aromatic rings. The van der Waals surface area contributed by atoms with Crippen LogP contribution in [0.3, 0.4) is 0 Å². The highest BCUT2D eigenvalue weighted by atomic mass is 15.8. The molecule has 2 aliphatic heterocycles. The smallest absolute Gasteiger partial charge is 0.0888 e. The van der Waals surface area contributed by atoms with Gasteiger partial charge >= 0.3 is 0 Å². The number of hydrogen-bond acceptors (Lipinski definition) is 4. The molecule has 0 spiro atoms. The highest BCUT2D eigenvalue weighted by Crippen LogP contribution is 2.29. The van der Waals surface area contributed by atoms with Gasteiger partial charge in [-0.2, -0.15) is 0 Å². The Labute approximate surface area is 80.6 Å². The maximum atomic E-state index is 2.29. The van der Waals surface area contributed by atoms with Crippen LogP contribution in [0.25, 0.3) is 0 Å². The summed E-state index contributed by atoms with van der Waals surface area (Å²) in [4.78, 5) is 0. The third-order valence-corrected chi connectivity index (χ3v) is 3.54. The molecule has 4 atom stereocenters. The van der Waals surface area contributed by atoms with E-state index >= 15 is 0 Å². The minimum absolute atomic E-state index is 0.717. The summed E-state index contributed by atoms with van der Waals surface area (Å²) in [5, 5.41) is 9.17. The van der Waals surface area contributed by atoms with Crippen molar-refractivity contribution in [1.29, 1.82) is 0 Å². The Hall–Kier alpha value is -0.160. The molecule has 0 radical (unpaired) electrons. The Bertz CT molecular complexity index is 160. The summed E-state index contributed by atoms with van der Waals surface area (Å²) in [5.74, 6) is 0. The van der Waals surface area contributed by atoms with Gasteiger partial charge in [-0.1, -0.05) is 0 Å². The van der Waals surface area contributed by atoms with Crippen molar-refractivity contribution in [2.75, 3.05) is 28.2 Å². The topological polar surface area (TPSA) is 12.0 Å². The first-order valence-electron chi connectivity index (χ1n) is 5.04. The molecule has 2 saturated heterocycles. The lowest BCUT2D eigenvalue weighted by molar-refractivity contribution is 0.412. The van der Waals surface area contributed by atoms with Gasteiger partial charge in [-0.05, 0) is 19.3 Å². The van der Waals surface area contributed by atoms with Gasteiger partial charge in [0, 0.05) is 28.2 Å². The molecule has 76 valence electrons. The Morgan fingerprint density at radius 2 is 1.00 bits per heavy atom. The highest BCUT2D eigenvalue weighted by molar-refractivity contribution is 4.80. The first kappa shape index (κ1) is 9.40. The van der Waals surface area contributed by atoms with Crippen molar-refractivity contribution in [1.82, 2.24) is 20.0 Å². The van der Waals surface area contributed by atoms with Crippen LogP contribution in [0.5, 0.6) is 0 Å². The summed E-state index contributed by atoms with van der Waals surface area (Å²) in [7, 11) is 8.61. The zero-order valence-corrected chi connectivity index (χ0v) is 9.06. The van der Waals surface area contributed by atoms with Crippen LogP contribution in [0.2, 0.25) is 0 Å². The monoisotopic (exact) mass is 184 g/mol. The molecule has 0 N–H and O–H groups in total. The lowest BCUT2D eigenvalue weighted by Crippen LogP contribution is -1.99. The number of hydrazine groups is 2. The highest BCUT2D eigenvalue weighted by Gasteiger charge is 2.40. The Balaban J connectivity index is 1.56. The van der Waals surface area contributed by atoms with Crippen LogP contribution in [-0.2, 0) is 0 Å². The largest absolute Gasteiger partial charge is 0.225 e. The molecule has 2 aliphatic rings. The predicted octanol–water partition coefficient (Wildman–Crippen LogP) is 0.393. The fourth-order valence-corrected chi connectivity index (χ4v) is 2.09. The fraction of sp³-hybridized carbons (Fsp3) is 1.00.